The Morgan fingerprint density at radius 3 is 2.29 bits per heavy atom. The summed E-state index contributed by atoms with van der Waals surface area (Å²) in [6.07, 6.45) is -6.61. The molecular weight excluding hydrogens is 473 g/mol. The van der Waals surface area contributed by atoms with Crippen LogP contribution in [0, 0.1) is 0 Å². The lowest BCUT2D eigenvalue weighted by Crippen LogP contribution is -2.60. The molecule has 0 bridgehead atoms. The third kappa shape index (κ3) is 4.08. The van der Waals surface area contributed by atoms with Gasteiger partial charge in [-0.25, -0.2) is 9.59 Å². The Morgan fingerprint density at radius 2 is 1.69 bits per heavy atom. The first kappa shape index (κ1) is 24.5. The van der Waals surface area contributed by atoms with Crippen LogP contribution < -0.4 is 26.5 Å². The van der Waals surface area contributed by atoms with Crippen LogP contribution in [0.25, 0.3) is 0 Å². The third-order valence-electron chi connectivity index (χ3n) is 5.93. The summed E-state index contributed by atoms with van der Waals surface area (Å²) in [5.41, 5.74) is -1.46. The lowest BCUT2D eigenvalue weighted by molar-refractivity contribution is -0.203. The van der Waals surface area contributed by atoms with Gasteiger partial charge in [-0.3, -0.25) is 28.5 Å². The zero-order chi connectivity index (χ0) is 25.7. The highest BCUT2D eigenvalue weighted by Gasteiger charge is 2.51. The van der Waals surface area contributed by atoms with Crippen LogP contribution in [0.3, 0.4) is 0 Å². The number of carbonyl (C=O) groups excluding carboxylic acids is 2. The molecular formula is C21H23F3N6O5. The second-order valence-electron chi connectivity index (χ2n) is 8.16. The van der Waals surface area contributed by atoms with Gasteiger partial charge in [0, 0.05) is 45.8 Å². The average molecular weight is 496 g/mol. The van der Waals surface area contributed by atoms with Crippen molar-refractivity contribution in [1.29, 1.82) is 0 Å². The number of hydrogen-bond acceptors (Lipinski definition) is 9. The van der Waals surface area contributed by atoms with E-state index in [0.29, 0.717) is 31.2 Å². The van der Waals surface area contributed by atoms with Crippen molar-refractivity contribution in [3.05, 3.63) is 50.7 Å². The van der Waals surface area contributed by atoms with Gasteiger partial charge in [0.2, 0.25) is 6.29 Å². The molecule has 1 unspecified atom stereocenters. The summed E-state index contributed by atoms with van der Waals surface area (Å²) in [6.45, 7) is 2.87. The molecule has 11 nitrogen and oxygen atoms in total. The predicted molar refractivity (Wildman–Crippen MR) is 118 cm³/mol. The lowest BCUT2D eigenvalue weighted by Gasteiger charge is -2.41. The molecule has 2 aliphatic rings. The summed E-state index contributed by atoms with van der Waals surface area (Å²) in [7, 11) is 2.48. The summed E-state index contributed by atoms with van der Waals surface area (Å²) in [5, 5.41) is 3.76. The SMILES string of the molecule is CC(=O)c1ccccc1N1c2c(n(C)c(=O)n(C)c2=O)N(OC(=O)C(F)(F)F)C1N1CCNCC1. The molecule has 0 amide bonds. The minimum absolute atomic E-state index is 0.193. The molecule has 3 heterocycles. The average Bonchev–Trinajstić information content (AvgIpc) is 3.16. The lowest BCUT2D eigenvalue weighted by atomic mass is 10.1. The number of halogens is 3. The van der Waals surface area contributed by atoms with Crippen molar-refractivity contribution in [1.82, 2.24) is 19.4 Å². The molecule has 0 spiro atoms. The van der Waals surface area contributed by atoms with Gasteiger partial charge in [0.25, 0.3) is 5.56 Å². The van der Waals surface area contributed by atoms with Crippen LogP contribution in [-0.4, -0.2) is 64.4 Å². The van der Waals surface area contributed by atoms with Crippen LogP contribution in [0.2, 0.25) is 0 Å². The Labute approximate surface area is 196 Å². The van der Waals surface area contributed by atoms with Crippen molar-refractivity contribution in [2.24, 2.45) is 14.1 Å². The number of hydroxylamine groups is 1. The molecule has 2 aliphatic heterocycles. The molecule has 1 N–H and O–H groups in total. The number of nitrogens with one attached hydrogen (secondary N) is 1. The number of aromatic nitrogens is 2. The first-order valence-corrected chi connectivity index (χ1v) is 10.7. The Balaban J connectivity index is 2.04. The van der Waals surface area contributed by atoms with E-state index in [1.54, 1.807) is 17.0 Å². The van der Waals surface area contributed by atoms with Crippen molar-refractivity contribution in [3.63, 3.8) is 0 Å². The van der Waals surface area contributed by atoms with Gasteiger partial charge in [-0.05, 0) is 19.1 Å². The van der Waals surface area contributed by atoms with Crippen LogP contribution in [0.5, 0.6) is 0 Å². The number of fused-ring (bicyclic) bond motifs is 1. The molecule has 1 aromatic heterocycles. The molecule has 35 heavy (non-hydrogen) atoms. The topological polar surface area (TPSA) is 109 Å². The van der Waals surface area contributed by atoms with Gasteiger partial charge in [0.05, 0.1) is 5.69 Å². The van der Waals surface area contributed by atoms with Crippen molar-refractivity contribution >= 4 is 28.9 Å². The standard InChI is InChI=1S/C21H23F3N6O5/c1-12(31)13-6-4-5-7-14(13)29-15-16(26(2)20(34)27(3)17(15)32)30(35-18(33)21(22,23)24)19(29)28-10-8-25-9-11-28/h4-7,19,25H,8-11H2,1-3H3. The summed E-state index contributed by atoms with van der Waals surface area (Å²) < 4.78 is 41.5. The monoisotopic (exact) mass is 496 g/mol. The number of alkyl halides is 3. The van der Waals surface area contributed by atoms with Crippen LogP contribution in [0.15, 0.2) is 33.9 Å². The van der Waals surface area contributed by atoms with Gasteiger partial charge in [-0.2, -0.15) is 13.2 Å². The highest BCUT2D eigenvalue weighted by molar-refractivity contribution is 6.01. The number of anilines is 3. The molecule has 0 saturated carbocycles. The molecule has 0 radical (unpaired) electrons. The van der Waals surface area contributed by atoms with Crippen LogP contribution in [-0.2, 0) is 23.7 Å². The summed E-state index contributed by atoms with van der Waals surface area (Å²) in [4.78, 5) is 58.4. The number of ketones is 1. The molecule has 2 aromatic rings. The maximum atomic E-state index is 13.4. The number of nitrogens with zero attached hydrogens (tertiary/aromatic N) is 5. The van der Waals surface area contributed by atoms with Gasteiger partial charge in [-0.1, -0.05) is 12.1 Å². The number of hydrogen-bond donors (Lipinski definition) is 1. The van der Waals surface area contributed by atoms with E-state index >= 15 is 0 Å². The van der Waals surface area contributed by atoms with Gasteiger partial charge in [-0.15, -0.1) is 5.06 Å². The fraction of sp³-hybridized carbons (Fsp3) is 0.429. The van der Waals surface area contributed by atoms with E-state index in [1.165, 1.54) is 38.1 Å². The smallest absolute Gasteiger partial charge is 0.327 e. The zero-order valence-electron chi connectivity index (χ0n) is 19.1. The summed E-state index contributed by atoms with van der Waals surface area (Å²) in [6, 6.07) is 6.27. The minimum atomic E-state index is -5.34. The Hall–Kier alpha value is -3.65. The Morgan fingerprint density at radius 1 is 1.06 bits per heavy atom. The maximum Gasteiger partial charge on any atom is 0.493 e. The van der Waals surface area contributed by atoms with Gasteiger partial charge >= 0.3 is 17.8 Å². The van der Waals surface area contributed by atoms with Gasteiger partial charge < -0.3 is 10.2 Å². The van der Waals surface area contributed by atoms with Crippen molar-refractivity contribution in [2.75, 3.05) is 36.1 Å². The van der Waals surface area contributed by atoms with E-state index in [1.807, 2.05) is 0 Å². The van der Waals surface area contributed by atoms with E-state index in [2.05, 4.69) is 5.32 Å². The number of para-hydroxylation sites is 1. The zero-order valence-corrected chi connectivity index (χ0v) is 19.1. The Kier molecular flexibility index (Phi) is 6.19. The number of Topliss-reactive ketones (excluding diaryl/α,β-unsaturated/α-hetero) is 1. The highest BCUT2D eigenvalue weighted by atomic mass is 19.4. The molecule has 1 aromatic carbocycles. The molecule has 4 rings (SSSR count). The normalized spacial score (nSPS) is 18.5. The quantitative estimate of drug-likeness (QED) is 0.604. The first-order valence-electron chi connectivity index (χ1n) is 10.7. The number of carbonyl (C=O) groups is 2. The van der Waals surface area contributed by atoms with Crippen LogP contribution >= 0.6 is 0 Å². The molecule has 14 heteroatoms. The third-order valence-corrected chi connectivity index (χ3v) is 5.93. The van der Waals surface area contributed by atoms with Crippen molar-refractivity contribution in [2.45, 2.75) is 19.4 Å². The van der Waals surface area contributed by atoms with E-state index in [-0.39, 0.29) is 28.5 Å². The largest absolute Gasteiger partial charge is 0.493 e. The fourth-order valence-corrected chi connectivity index (χ4v) is 4.29. The van der Waals surface area contributed by atoms with E-state index < -0.39 is 29.7 Å². The molecule has 1 atom stereocenters. The van der Waals surface area contributed by atoms with Crippen molar-refractivity contribution in [3.8, 4) is 0 Å². The second kappa shape index (κ2) is 8.85. The summed E-state index contributed by atoms with van der Waals surface area (Å²) in [5.74, 6) is -3.20. The van der Waals surface area contributed by atoms with Crippen LogP contribution in [0.1, 0.15) is 17.3 Å². The molecule has 188 valence electrons. The number of piperazine rings is 1. The first-order chi connectivity index (χ1) is 16.4. The number of benzene rings is 1. The summed E-state index contributed by atoms with van der Waals surface area (Å²) >= 11 is 0. The second-order valence-corrected chi connectivity index (χ2v) is 8.16. The highest BCUT2D eigenvalue weighted by Crippen LogP contribution is 2.44. The Bertz CT molecular complexity index is 1300. The number of rotatable bonds is 4. The van der Waals surface area contributed by atoms with Crippen molar-refractivity contribution < 1.29 is 27.6 Å². The van der Waals surface area contributed by atoms with E-state index in [4.69, 9.17) is 4.84 Å². The predicted octanol–water partition coefficient (Wildman–Crippen LogP) is 0.454. The van der Waals surface area contributed by atoms with E-state index in [9.17, 15) is 32.3 Å². The molecule has 1 fully saturated rings. The molecule has 1 saturated heterocycles. The maximum absolute atomic E-state index is 13.4. The van der Waals surface area contributed by atoms with Crippen LogP contribution in [0.4, 0.5) is 30.4 Å². The van der Waals surface area contributed by atoms with Gasteiger partial charge in [0.15, 0.2) is 17.3 Å². The molecule has 0 aliphatic carbocycles. The van der Waals surface area contributed by atoms with E-state index in [0.717, 1.165) is 9.13 Å². The minimum Gasteiger partial charge on any atom is -0.327 e. The fourth-order valence-electron chi connectivity index (χ4n) is 4.29. The van der Waals surface area contributed by atoms with Gasteiger partial charge in [0.1, 0.15) is 0 Å².